The van der Waals surface area contributed by atoms with E-state index in [9.17, 15) is 13.6 Å². The molecule has 1 N–H and O–H groups in total. The van der Waals surface area contributed by atoms with E-state index in [0.29, 0.717) is 17.6 Å². The molecule has 0 atom stereocenters. The van der Waals surface area contributed by atoms with E-state index in [1.54, 1.807) is 22.9 Å². The van der Waals surface area contributed by atoms with E-state index in [1.165, 1.54) is 6.07 Å². The van der Waals surface area contributed by atoms with Crippen LogP contribution in [0.2, 0.25) is 0 Å². The molecule has 0 saturated carbocycles. The van der Waals surface area contributed by atoms with Gasteiger partial charge in [0.2, 0.25) is 0 Å². The minimum atomic E-state index is -1.01. The van der Waals surface area contributed by atoms with Gasteiger partial charge in [-0.15, -0.1) is 5.10 Å². The summed E-state index contributed by atoms with van der Waals surface area (Å²) in [4.78, 5) is 12.1. The second-order valence-electron chi connectivity index (χ2n) is 4.69. The lowest BCUT2D eigenvalue weighted by Gasteiger charge is -2.06. The van der Waals surface area contributed by atoms with Gasteiger partial charge < -0.3 is 5.32 Å². The highest BCUT2D eigenvalue weighted by Crippen LogP contribution is 2.17. The highest BCUT2D eigenvalue weighted by atomic mass is 19.2. The first kappa shape index (κ1) is 14.1. The molecule has 0 fully saturated rings. The SMILES string of the molecule is CCn1nnc2cc(C(=O)Nc3ccc(F)c(F)c3)ccc21. The predicted octanol–water partition coefficient (Wildman–Crippen LogP) is 2.98. The van der Waals surface area contributed by atoms with Crippen molar-refractivity contribution in [2.45, 2.75) is 13.5 Å². The van der Waals surface area contributed by atoms with Gasteiger partial charge in [-0.3, -0.25) is 4.79 Å². The third-order valence-electron chi connectivity index (χ3n) is 3.25. The van der Waals surface area contributed by atoms with Crippen molar-refractivity contribution in [1.82, 2.24) is 15.0 Å². The van der Waals surface area contributed by atoms with Gasteiger partial charge in [0.1, 0.15) is 5.52 Å². The molecule has 0 unspecified atom stereocenters. The molecule has 7 heteroatoms. The summed E-state index contributed by atoms with van der Waals surface area (Å²) < 4.78 is 27.7. The fraction of sp³-hybridized carbons (Fsp3) is 0.133. The van der Waals surface area contributed by atoms with Crippen LogP contribution in [0.4, 0.5) is 14.5 Å². The zero-order valence-electron chi connectivity index (χ0n) is 11.7. The zero-order valence-corrected chi connectivity index (χ0v) is 11.7. The van der Waals surface area contributed by atoms with Gasteiger partial charge in [-0.1, -0.05) is 5.21 Å². The second kappa shape index (κ2) is 5.51. The standard InChI is InChI=1S/C15H12F2N4O/c1-2-21-14-6-3-9(7-13(14)19-20-21)15(22)18-10-4-5-11(16)12(17)8-10/h3-8H,2H2,1H3,(H,18,22). The highest BCUT2D eigenvalue weighted by Gasteiger charge is 2.11. The van der Waals surface area contributed by atoms with Crippen LogP contribution in [0.15, 0.2) is 36.4 Å². The van der Waals surface area contributed by atoms with E-state index in [-0.39, 0.29) is 5.69 Å². The topological polar surface area (TPSA) is 59.8 Å². The quantitative estimate of drug-likeness (QED) is 0.809. The molecule has 0 radical (unpaired) electrons. The summed E-state index contributed by atoms with van der Waals surface area (Å²) in [5.41, 5.74) is 1.97. The lowest BCUT2D eigenvalue weighted by atomic mass is 10.2. The number of amides is 1. The molecule has 0 aliphatic rings. The van der Waals surface area contributed by atoms with Crippen LogP contribution in [0.5, 0.6) is 0 Å². The summed E-state index contributed by atoms with van der Waals surface area (Å²) in [6.07, 6.45) is 0. The molecule has 1 aromatic heterocycles. The number of aryl methyl sites for hydroxylation is 1. The number of hydrogen-bond donors (Lipinski definition) is 1. The van der Waals surface area contributed by atoms with E-state index in [2.05, 4.69) is 15.6 Å². The van der Waals surface area contributed by atoms with Gasteiger partial charge >= 0.3 is 0 Å². The molecule has 5 nitrogen and oxygen atoms in total. The van der Waals surface area contributed by atoms with Crippen LogP contribution in [0, 0.1) is 11.6 Å². The van der Waals surface area contributed by atoms with Crippen molar-refractivity contribution >= 4 is 22.6 Å². The monoisotopic (exact) mass is 302 g/mol. The van der Waals surface area contributed by atoms with Crippen LogP contribution in [0.1, 0.15) is 17.3 Å². The number of carbonyl (C=O) groups is 1. The van der Waals surface area contributed by atoms with Crippen LogP contribution in [-0.4, -0.2) is 20.9 Å². The predicted molar refractivity (Wildman–Crippen MR) is 77.5 cm³/mol. The Balaban J connectivity index is 1.86. The van der Waals surface area contributed by atoms with Crippen molar-refractivity contribution in [1.29, 1.82) is 0 Å². The Hall–Kier alpha value is -2.83. The fourth-order valence-corrected chi connectivity index (χ4v) is 2.12. The first-order valence-corrected chi connectivity index (χ1v) is 6.68. The number of nitrogens with one attached hydrogen (secondary N) is 1. The zero-order chi connectivity index (χ0) is 15.7. The van der Waals surface area contributed by atoms with Gasteiger partial charge in [0, 0.05) is 23.9 Å². The summed E-state index contributed by atoms with van der Waals surface area (Å²) in [6.45, 7) is 2.62. The number of hydrogen-bond acceptors (Lipinski definition) is 3. The second-order valence-corrected chi connectivity index (χ2v) is 4.69. The number of carbonyl (C=O) groups excluding carboxylic acids is 1. The lowest BCUT2D eigenvalue weighted by Crippen LogP contribution is -2.12. The molecule has 3 aromatic rings. The van der Waals surface area contributed by atoms with E-state index < -0.39 is 17.5 Å². The molecular weight excluding hydrogens is 290 g/mol. The van der Waals surface area contributed by atoms with Crippen LogP contribution < -0.4 is 5.32 Å². The minimum Gasteiger partial charge on any atom is -0.322 e. The number of anilines is 1. The largest absolute Gasteiger partial charge is 0.322 e. The Kier molecular flexibility index (Phi) is 3.54. The van der Waals surface area contributed by atoms with Crippen LogP contribution in [-0.2, 0) is 6.54 Å². The molecule has 3 rings (SSSR count). The average Bonchev–Trinajstić information content (AvgIpc) is 2.93. The first-order valence-electron chi connectivity index (χ1n) is 6.68. The molecule has 0 aliphatic heterocycles. The highest BCUT2D eigenvalue weighted by molar-refractivity contribution is 6.05. The van der Waals surface area contributed by atoms with Crippen molar-refractivity contribution in [2.75, 3.05) is 5.32 Å². The molecular formula is C15H12F2N4O. The van der Waals surface area contributed by atoms with Crippen molar-refractivity contribution < 1.29 is 13.6 Å². The minimum absolute atomic E-state index is 0.182. The van der Waals surface area contributed by atoms with E-state index >= 15 is 0 Å². The van der Waals surface area contributed by atoms with Gasteiger partial charge in [-0.25, -0.2) is 13.5 Å². The van der Waals surface area contributed by atoms with Gasteiger partial charge in [0.05, 0.1) is 5.52 Å². The van der Waals surface area contributed by atoms with Gasteiger partial charge in [-0.2, -0.15) is 0 Å². The third-order valence-corrected chi connectivity index (χ3v) is 3.25. The number of nitrogens with zero attached hydrogens (tertiary/aromatic N) is 3. The number of fused-ring (bicyclic) bond motifs is 1. The van der Waals surface area contributed by atoms with E-state index in [0.717, 1.165) is 17.6 Å². The number of benzene rings is 2. The van der Waals surface area contributed by atoms with Crippen molar-refractivity contribution in [3.63, 3.8) is 0 Å². The molecule has 0 bridgehead atoms. The van der Waals surface area contributed by atoms with Crippen molar-refractivity contribution in [2.24, 2.45) is 0 Å². The normalized spacial score (nSPS) is 10.9. The molecule has 22 heavy (non-hydrogen) atoms. The maximum absolute atomic E-state index is 13.1. The summed E-state index contributed by atoms with van der Waals surface area (Å²) in [6, 6.07) is 8.16. The van der Waals surface area contributed by atoms with Crippen LogP contribution in [0.3, 0.4) is 0 Å². The van der Waals surface area contributed by atoms with Gasteiger partial charge in [-0.05, 0) is 37.3 Å². The number of aromatic nitrogens is 3. The molecule has 1 amide bonds. The molecule has 0 spiro atoms. The summed E-state index contributed by atoms with van der Waals surface area (Å²) in [5.74, 6) is -2.41. The Morgan fingerprint density at radius 1 is 1.18 bits per heavy atom. The first-order chi connectivity index (χ1) is 10.6. The summed E-state index contributed by atoms with van der Waals surface area (Å²) >= 11 is 0. The van der Waals surface area contributed by atoms with E-state index in [1.807, 2.05) is 6.92 Å². The number of rotatable bonds is 3. The molecule has 0 saturated heterocycles. The molecule has 2 aromatic carbocycles. The van der Waals surface area contributed by atoms with Crippen LogP contribution >= 0.6 is 0 Å². The Morgan fingerprint density at radius 2 is 2.00 bits per heavy atom. The average molecular weight is 302 g/mol. The summed E-state index contributed by atoms with van der Waals surface area (Å²) in [7, 11) is 0. The maximum Gasteiger partial charge on any atom is 0.255 e. The van der Waals surface area contributed by atoms with Crippen molar-refractivity contribution in [3.8, 4) is 0 Å². The third kappa shape index (κ3) is 2.52. The maximum atomic E-state index is 13.1. The van der Waals surface area contributed by atoms with Gasteiger partial charge in [0.25, 0.3) is 5.91 Å². The Bertz CT molecular complexity index is 860. The number of halogens is 2. The van der Waals surface area contributed by atoms with Crippen molar-refractivity contribution in [3.05, 3.63) is 53.6 Å². The smallest absolute Gasteiger partial charge is 0.255 e. The molecule has 112 valence electrons. The Morgan fingerprint density at radius 3 is 2.73 bits per heavy atom. The van der Waals surface area contributed by atoms with Crippen LogP contribution in [0.25, 0.3) is 11.0 Å². The van der Waals surface area contributed by atoms with E-state index in [4.69, 9.17) is 0 Å². The molecule has 1 heterocycles. The fourth-order valence-electron chi connectivity index (χ4n) is 2.12. The van der Waals surface area contributed by atoms with Gasteiger partial charge in [0.15, 0.2) is 11.6 Å². The summed E-state index contributed by atoms with van der Waals surface area (Å²) in [5, 5.41) is 10.5. The molecule has 0 aliphatic carbocycles. The Labute approximate surface area is 124 Å². The lowest BCUT2D eigenvalue weighted by molar-refractivity contribution is 0.102.